The third-order valence-electron chi connectivity index (χ3n) is 5.88. The van der Waals surface area contributed by atoms with Gasteiger partial charge in [-0.05, 0) is 47.7 Å². The van der Waals surface area contributed by atoms with Gasteiger partial charge in [0.1, 0.15) is 30.7 Å². The molecule has 222 valence electrons. The Kier molecular flexibility index (Phi) is 10.7. The number of pyridine rings is 1. The zero-order valence-electron chi connectivity index (χ0n) is 21.4. The molecule has 0 radical (unpaired) electrons. The number of carbonyl (C=O) groups is 2. The molecule has 0 aliphatic heterocycles. The number of anilines is 1. The quantitative estimate of drug-likeness (QED) is 0.183. The van der Waals surface area contributed by atoms with E-state index in [-0.39, 0.29) is 23.7 Å². The largest absolute Gasteiger partial charge is 0.469 e. The van der Waals surface area contributed by atoms with Crippen molar-refractivity contribution in [1.82, 2.24) is 9.88 Å². The van der Waals surface area contributed by atoms with E-state index in [1.54, 1.807) is 0 Å². The number of alkyl halides is 2. The SMILES string of the molecule is CN(C(=O)CCc1cccc(F)c1Cl)[C@H](COC(=O)Nc1cc2cc(F)ccc2cn1)CC(F)(F)COP(=O)(O)O. The minimum atomic E-state index is -5.22. The predicted octanol–water partition coefficient (Wildman–Crippen LogP) is 5.31. The Morgan fingerprint density at radius 3 is 2.61 bits per heavy atom. The number of benzene rings is 2. The normalized spacial score (nSPS) is 12.7. The highest BCUT2D eigenvalue weighted by Gasteiger charge is 2.38. The number of nitrogens with zero attached hydrogens (tertiary/aromatic N) is 2. The van der Waals surface area contributed by atoms with Gasteiger partial charge in [-0.2, -0.15) is 0 Å². The molecule has 2 amide bonds. The fourth-order valence-corrected chi connectivity index (χ4v) is 4.32. The Hall–Kier alpha value is -3.29. The first-order valence-corrected chi connectivity index (χ1v) is 13.8. The van der Waals surface area contributed by atoms with Crippen molar-refractivity contribution in [3.63, 3.8) is 0 Å². The lowest BCUT2D eigenvalue weighted by molar-refractivity contribution is -0.136. The van der Waals surface area contributed by atoms with Crippen LogP contribution in [0, 0.1) is 11.6 Å². The Balaban J connectivity index is 1.69. The summed E-state index contributed by atoms with van der Waals surface area (Å²) >= 11 is 5.90. The van der Waals surface area contributed by atoms with Crippen LogP contribution in [0.15, 0.2) is 48.7 Å². The number of likely N-dealkylation sites (N-methyl/N-ethyl adjacent to an activating group) is 1. The molecule has 3 rings (SSSR count). The maximum Gasteiger partial charge on any atom is 0.469 e. The summed E-state index contributed by atoms with van der Waals surface area (Å²) in [6.45, 7) is -2.43. The van der Waals surface area contributed by atoms with E-state index >= 15 is 0 Å². The number of phosphoric ester groups is 1. The van der Waals surface area contributed by atoms with E-state index < -0.39 is 63.1 Å². The lowest BCUT2D eigenvalue weighted by Crippen LogP contribution is -2.45. The van der Waals surface area contributed by atoms with Crippen molar-refractivity contribution in [3.8, 4) is 0 Å². The average molecular weight is 622 g/mol. The summed E-state index contributed by atoms with van der Waals surface area (Å²) in [6, 6.07) is 7.82. The second kappa shape index (κ2) is 13.6. The van der Waals surface area contributed by atoms with Gasteiger partial charge in [-0.1, -0.05) is 23.7 Å². The molecule has 0 spiro atoms. The van der Waals surface area contributed by atoms with Crippen molar-refractivity contribution in [1.29, 1.82) is 0 Å². The van der Waals surface area contributed by atoms with Gasteiger partial charge in [0.15, 0.2) is 0 Å². The number of halogens is 5. The summed E-state index contributed by atoms with van der Waals surface area (Å²) < 4.78 is 76.2. The van der Waals surface area contributed by atoms with Crippen LogP contribution in [0.1, 0.15) is 18.4 Å². The molecule has 10 nitrogen and oxygen atoms in total. The Morgan fingerprint density at radius 1 is 1.17 bits per heavy atom. The van der Waals surface area contributed by atoms with Crippen molar-refractivity contribution in [2.45, 2.75) is 31.2 Å². The molecule has 3 aromatic rings. The molecule has 2 aromatic carbocycles. The topological polar surface area (TPSA) is 138 Å². The Bertz CT molecular complexity index is 1460. The van der Waals surface area contributed by atoms with Crippen LogP contribution in [0.4, 0.5) is 28.2 Å². The molecule has 3 N–H and O–H groups in total. The smallest absolute Gasteiger partial charge is 0.447 e. The third kappa shape index (κ3) is 9.94. The molecule has 0 fully saturated rings. The van der Waals surface area contributed by atoms with E-state index in [1.807, 2.05) is 0 Å². The number of fused-ring (bicyclic) bond motifs is 1. The van der Waals surface area contributed by atoms with Crippen molar-refractivity contribution in [2.75, 3.05) is 25.6 Å². The molecule has 0 saturated heterocycles. The number of rotatable bonds is 12. The molecule has 0 unspecified atom stereocenters. The number of phosphoric acid groups is 1. The van der Waals surface area contributed by atoms with Gasteiger partial charge in [0.2, 0.25) is 5.91 Å². The lowest BCUT2D eigenvalue weighted by atomic mass is 10.1. The fraction of sp³-hybridized carbons (Fsp3) is 0.320. The second-order valence-corrected chi connectivity index (χ2v) is 10.6. The number of aryl methyl sites for hydroxylation is 1. The standard InChI is InChI=1S/C25H25ClF4N3O7P/c1-33(22(34)8-6-15-3-2-4-20(28)23(15)26)19(11-25(29,30)14-40-41(36,37)38)13-39-24(35)32-21-10-17-9-18(27)7-5-16(17)12-31-21/h2-5,7,9-10,12,19H,6,8,11,13-14H2,1H3,(H,31,32,35)(H2,36,37,38)/t19-/m0/s1. The van der Waals surface area contributed by atoms with Crippen LogP contribution in [0.25, 0.3) is 10.8 Å². The van der Waals surface area contributed by atoms with E-state index in [9.17, 15) is 31.7 Å². The third-order valence-corrected chi connectivity index (χ3v) is 6.77. The molecule has 1 atom stereocenters. The van der Waals surface area contributed by atoms with Gasteiger partial charge in [0.25, 0.3) is 5.92 Å². The number of hydrogen-bond acceptors (Lipinski definition) is 6. The van der Waals surface area contributed by atoms with E-state index in [4.69, 9.17) is 26.1 Å². The summed E-state index contributed by atoms with van der Waals surface area (Å²) in [5.41, 5.74) is 0.309. The zero-order chi connectivity index (χ0) is 30.4. The van der Waals surface area contributed by atoms with Crippen LogP contribution in [-0.4, -0.2) is 63.9 Å². The number of carbonyl (C=O) groups excluding carboxylic acids is 2. The van der Waals surface area contributed by atoms with E-state index in [0.717, 1.165) is 11.0 Å². The first-order chi connectivity index (χ1) is 19.1. The highest BCUT2D eigenvalue weighted by atomic mass is 35.5. The van der Waals surface area contributed by atoms with Gasteiger partial charge in [0.05, 0.1) is 11.1 Å². The zero-order valence-corrected chi connectivity index (χ0v) is 23.0. The monoisotopic (exact) mass is 621 g/mol. The molecule has 0 aliphatic carbocycles. The van der Waals surface area contributed by atoms with Gasteiger partial charge in [-0.15, -0.1) is 0 Å². The minimum Gasteiger partial charge on any atom is -0.447 e. The first-order valence-electron chi connectivity index (χ1n) is 11.9. The molecule has 0 saturated carbocycles. The molecular weight excluding hydrogens is 597 g/mol. The fourth-order valence-electron chi connectivity index (χ4n) is 3.75. The maximum atomic E-state index is 14.6. The van der Waals surface area contributed by atoms with Crippen LogP contribution in [0.3, 0.4) is 0 Å². The summed E-state index contributed by atoms with van der Waals surface area (Å²) in [4.78, 5) is 47.7. The lowest BCUT2D eigenvalue weighted by Gasteiger charge is -2.31. The molecule has 0 aliphatic rings. The van der Waals surface area contributed by atoms with Crippen molar-refractivity contribution in [2.24, 2.45) is 0 Å². The van der Waals surface area contributed by atoms with Crippen LogP contribution >= 0.6 is 19.4 Å². The van der Waals surface area contributed by atoms with E-state index in [1.165, 1.54) is 49.6 Å². The van der Waals surface area contributed by atoms with Gasteiger partial charge in [0, 0.05) is 31.5 Å². The highest BCUT2D eigenvalue weighted by Crippen LogP contribution is 2.38. The van der Waals surface area contributed by atoms with Gasteiger partial charge < -0.3 is 19.4 Å². The first kappa shape index (κ1) is 32.2. The molecule has 41 heavy (non-hydrogen) atoms. The number of amides is 2. The summed E-state index contributed by atoms with van der Waals surface area (Å²) in [6.07, 6.45) is -1.26. The maximum absolute atomic E-state index is 14.6. The Labute approximate surface area is 236 Å². The molecule has 1 heterocycles. The molecule has 0 bridgehead atoms. The summed E-state index contributed by atoms with van der Waals surface area (Å²) in [5.74, 6) is -5.78. The van der Waals surface area contributed by atoms with Gasteiger partial charge >= 0.3 is 13.9 Å². The van der Waals surface area contributed by atoms with Crippen molar-refractivity contribution >= 4 is 48.0 Å². The summed E-state index contributed by atoms with van der Waals surface area (Å²) in [7, 11) is -4.05. The predicted molar refractivity (Wildman–Crippen MR) is 141 cm³/mol. The highest BCUT2D eigenvalue weighted by molar-refractivity contribution is 7.46. The van der Waals surface area contributed by atoms with Crippen LogP contribution < -0.4 is 5.32 Å². The second-order valence-electron chi connectivity index (χ2n) is 8.98. The number of ether oxygens (including phenoxy) is 1. The van der Waals surface area contributed by atoms with Crippen LogP contribution in [-0.2, 0) is 25.0 Å². The van der Waals surface area contributed by atoms with Crippen LogP contribution in [0.5, 0.6) is 0 Å². The van der Waals surface area contributed by atoms with Crippen LogP contribution in [0.2, 0.25) is 5.02 Å². The van der Waals surface area contributed by atoms with Gasteiger partial charge in [-0.3, -0.25) is 14.6 Å². The van der Waals surface area contributed by atoms with Crippen molar-refractivity contribution < 1.29 is 50.8 Å². The number of nitrogens with one attached hydrogen (secondary N) is 1. The number of aromatic nitrogens is 1. The minimum absolute atomic E-state index is 0.0265. The van der Waals surface area contributed by atoms with Crippen molar-refractivity contribution in [3.05, 3.63) is 70.9 Å². The van der Waals surface area contributed by atoms with E-state index in [0.29, 0.717) is 16.3 Å². The molecular formula is C25H25ClF4N3O7P. The Morgan fingerprint density at radius 2 is 1.90 bits per heavy atom. The molecule has 1 aromatic heterocycles. The van der Waals surface area contributed by atoms with Gasteiger partial charge in [-0.25, -0.2) is 31.9 Å². The number of hydrogen-bond donors (Lipinski definition) is 3. The average Bonchev–Trinajstić information content (AvgIpc) is 2.89. The summed E-state index contributed by atoms with van der Waals surface area (Å²) in [5, 5.41) is 3.10. The van der Waals surface area contributed by atoms with E-state index in [2.05, 4.69) is 14.8 Å². The molecule has 16 heteroatoms.